The van der Waals surface area contributed by atoms with Gasteiger partial charge in [-0.05, 0) is 43.8 Å². The summed E-state index contributed by atoms with van der Waals surface area (Å²) in [5.74, 6) is 0. The molecule has 0 aliphatic carbocycles. The van der Waals surface area contributed by atoms with Gasteiger partial charge in [0.2, 0.25) is 8.32 Å². The van der Waals surface area contributed by atoms with Crippen LogP contribution in [-0.4, -0.2) is 62.1 Å². The predicted octanol–water partition coefficient (Wildman–Crippen LogP) is 3.64. The van der Waals surface area contributed by atoms with E-state index in [2.05, 4.69) is 88.8 Å². The lowest BCUT2D eigenvalue weighted by Crippen LogP contribution is -2.72. The number of rotatable bonds is 13. The third kappa shape index (κ3) is 6.41. The van der Waals surface area contributed by atoms with E-state index >= 15 is 0 Å². The van der Waals surface area contributed by atoms with Gasteiger partial charge in [0.1, 0.15) is 23.1 Å². The van der Waals surface area contributed by atoms with Gasteiger partial charge in [0, 0.05) is 27.4 Å². The summed E-state index contributed by atoms with van der Waals surface area (Å²) < 4.78 is 13.8. The zero-order valence-electron chi connectivity index (χ0n) is 19.5. The Bertz CT molecular complexity index is 619. The second-order valence-electron chi connectivity index (χ2n) is 9.49. The monoisotopic (exact) mass is 440 g/mol. The van der Waals surface area contributed by atoms with E-state index in [-0.39, 0.29) is 5.22 Å². The van der Waals surface area contributed by atoms with Crippen LogP contribution in [0, 0.1) is 0 Å². The largest absolute Gasteiger partial charge is 0.420 e. The van der Waals surface area contributed by atoms with Crippen LogP contribution in [0.5, 0.6) is 0 Å². The number of hydrogen-bond donors (Lipinski definition) is 0. The highest BCUT2D eigenvalue weighted by molar-refractivity contribution is 7.18. The van der Waals surface area contributed by atoms with Crippen LogP contribution in [0.2, 0.25) is 26.2 Å². The average Bonchev–Trinajstić information content (AvgIpc) is 2.61. The lowest BCUT2D eigenvalue weighted by atomic mass is 10.2. The highest BCUT2D eigenvalue weighted by atomic mass is 28.4. The number of nitrogens with zero attached hydrogens (tertiary/aromatic N) is 6. The molecule has 0 saturated carbocycles. The fourth-order valence-corrected chi connectivity index (χ4v) is 14.5. The normalized spacial score (nSPS) is 18.7. The van der Waals surface area contributed by atoms with Crippen molar-refractivity contribution in [2.24, 2.45) is 10.2 Å². The first kappa shape index (κ1) is 27.3. The van der Waals surface area contributed by atoms with Crippen molar-refractivity contribution in [3.05, 3.63) is 20.9 Å². The van der Waals surface area contributed by atoms with Gasteiger partial charge in [-0.1, -0.05) is 50.6 Å². The van der Waals surface area contributed by atoms with Crippen LogP contribution < -0.4 is 0 Å². The lowest BCUT2D eigenvalue weighted by molar-refractivity contribution is 0.0662. The van der Waals surface area contributed by atoms with E-state index in [9.17, 15) is 0 Å². The fraction of sp³-hybridized carbons (Fsp3) is 1.00. The first-order chi connectivity index (χ1) is 12.7. The van der Waals surface area contributed by atoms with Crippen molar-refractivity contribution in [1.82, 2.24) is 0 Å². The molecule has 0 aromatic heterocycles. The van der Waals surface area contributed by atoms with Crippen molar-refractivity contribution in [2.75, 3.05) is 12.3 Å². The van der Waals surface area contributed by atoms with E-state index < -0.39 is 29.7 Å². The summed E-state index contributed by atoms with van der Waals surface area (Å²) in [6.07, 6.45) is 3.26. The van der Waals surface area contributed by atoms with E-state index in [1.807, 2.05) is 0 Å². The molecule has 0 radical (unpaired) electrons. The first-order valence-corrected chi connectivity index (χ1v) is 19.4. The summed E-state index contributed by atoms with van der Waals surface area (Å²) in [7, 11) is -2.22. The third-order valence-electron chi connectivity index (χ3n) is 6.09. The molecule has 0 amide bonds. The minimum atomic E-state index is -2.67. The summed E-state index contributed by atoms with van der Waals surface area (Å²) in [5.41, 5.74) is 17.9. The van der Waals surface area contributed by atoms with Gasteiger partial charge in [-0.25, -0.2) is 0 Å². The molecule has 0 aromatic rings. The molecular formula is C15H38B2N6O2Si3. The number of azide groups is 2. The summed E-state index contributed by atoms with van der Waals surface area (Å²) in [6, 6.07) is 0. The van der Waals surface area contributed by atoms with E-state index in [1.54, 1.807) is 0 Å². The highest BCUT2D eigenvalue weighted by Crippen LogP contribution is 2.40. The Morgan fingerprint density at radius 1 is 0.857 bits per heavy atom. The molecule has 3 atom stereocenters. The Hall–Kier alpha value is -0.679. The molecule has 13 heteroatoms. The van der Waals surface area contributed by atoms with Gasteiger partial charge in [0.25, 0.3) is 0 Å². The summed E-state index contributed by atoms with van der Waals surface area (Å²) in [4.78, 5) is 6.03. The minimum absolute atomic E-state index is 0.325. The third-order valence-corrected chi connectivity index (χ3v) is 16.0. The van der Waals surface area contributed by atoms with Crippen LogP contribution in [0.15, 0.2) is 10.2 Å². The number of hydrogen-bond acceptors (Lipinski definition) is 4. The van der Waals surface area contributed by atoms with Gasteiger partial charge < -0.3 is 8.85 Å². The first-order valence-electron chi connectivity index (χ1n) is 10.1. The second-order valence-corrected chi connectivity index (χ2v) is 23.0. The highest BCUT2D eigenvalue weighted by Gasteiger charge is 2.56. The van der Waals surface area contributed by atoms with Crippen molar-refractivity contribution in [1.29, 1.82) is 0 Å². The lowest BCUT2D eigenvalue weighted by Gasteiger charge is -2.55. The SMILES string of the molecule is B[Si](C)(C)OC(C)(CC)[Si](C)(CN=[N+]=[N-])OC(CC)(CC)[Si](B)(C)CN=[N+]=[N-]. The topological polar surface area (TPSA) is 116 Å². The van der Waals surface area contributed by atoms with Crippen molar-refractivity contribution < 1.29 is 8.85 Å². The zero-order valence-corrected chi connectivity index (χ0v) is 22.5. The molecule has 0 saturated heterocycles. The quantitative estimate of drug-likeness (QED) is 0.188. The molecule has 0 aliphatic rings. The smallest absolute Gasteiger partial charge is 0.225 e. The van der Waals surface area contributed by atoms with Crippen LogP contribution >= 0.6 is 0 Å². The van der Waals surface area contributed by atoms with Crippen molar-refractivity contribution >= 4 is 39.3 Å². The van der Waals surface area contributed by atoms with Crippen LogP contribution in [0.3, 0.4) is 0 Å². The van der Waals surface area contributed by atoms with E-state index in [0.717, 1.165) is 19.3 Å². The van der Waals surface area contributed by atoms with Gasteiger partial charge in [-0.15, -0.1) is 0 Å². The molecule has 158 valence electrons. The molecule has 28 heavy (non-hydrogen) atoms. The van der Waals surface area contributed by atoms with Gasteiger partial charge in [-0.2, -0.15) is 0 Å². The Balaban J connectivity index is 6.43. The maximum absolute atomic E-state index is 9.04. The Morgan fingerprint density at radius 2 is 1.32 bits per heavy atom. The zero-order chi connectivity index (χ0) is 22.3. The van der Waals surface area contributed by atoms with E-state index in [1.165, 1.54) is 0 Å². The van der Waals surface area contributed by atoms with E-state index in [4.69, 9.17) is 19.9 Å². The van der Waals surface area contributed by atoms with Crippen molar-refractivity contribution in [2.45, 2.75) is 83.6 Å². The Kier molecular flexibility index (Phi) is 10.1. The summed E-state index contributed by atoms with van der Waals surface area (Å²) in [6.45, 7) is 17.2. The molecule has 0 aromatic carbocycles. The molecule has 0 N–H and O–H groups in total. The second kappa shape index (κ2) is 10.4. The predicted molar refractivity (Wildman–Crippen MR) is 130 cm³/mol. The minimum Gasteiger partial charge on any atom is -0.420 e. The maximum Gasteiger partial charge on any atom is 0.225 e. The molecule has 0 spiro atoms. The molecule has 0 fully saturated rings. The molecule has 8 nitrogen and oxygen atoms in total. The van der Waals surface area contributed by atoms with Crippen molar-refractivity contribution in [3.63, 3.8) is 0 Å². The summed E-state index contributed by atoms with van der Waals surface area (Å²) >= 11 is 0. The summed E-state index contributed by atoms with van der Waals surface area (Å²) in [5, 5.41) is 7.05. The standard InChI is InChI=1S/C15H38B2N6O2Si3/c1-9-14(4,24-26(5,6)16)28(8,13-21-23-19)25-15(10-2,11-3)27(7,17)12-20-22-18/h9-13,16-17H2,1-8H3. The average molecular weight is 440 g/mol. The molecule has 0 heterocycles. The van der Waals surface area contributed by atoms with Gasteiger partial charge in [0.05, 0.1) is 13.2 Å². The van der Waals surface area contributed by atoms with Gasteiger partial charge >= 0.3 is 0 Å². The molecule has 0 rings (SSSR count). The van der Waals surface area contributed by atoms with Crippen LogP contribution in [-0.2, 0) is 8.85 Å². The van der Waals surface area contributed by atoms with Crippen molar-refractivity contribution in [3.8, 4) is 0 Å². The van der Waals surface area contributed by atoms with Crippen LogP contribution in [0.25, 0.3) is 20.9 Å². The molecule has 0 bridgehead atoms. The molecule has 3 unspecified atom stereocenters. The Labute approximate surface area is 175 Å². The van der Waals surface area contributed by atoms with Gasteiger partial charge in [0.15, 0.2) is 0 Å². The van der Waals surface area contributed by atoms with Crippen LogP contribution in [0.1, 0.15) is 47.0 Å². The maximum atomic E-state index is 9.04. The molecule has 0 aliphatic heterocycles. The molecular weight excluding hydrogens is 402 g/mol. The van der Waals surface area contributed by atoms with Crippen LogP contribution in [0.4, 0.5) is 0 Å². The van der Waals surface area contributed by atoms with Gasteiger partial charge in [-0.3, -0.25) is 0 Å². The fourth-order valence-electron chi connectivity index (χ4n) is 3.98. The van der Waals surface area contributed by atoms with E-state index in [0.29, 0.717) is 12.3 Å². The Morgan fingerprint density at radius 3 is 1.68 bits per heavy atom.